The fraction of sp³-hybridized carbons (Fsp3) is 0.500. The minimum atomic E-state index is 0.546. The summed E-state index contributed by atoms with van der Waals surface area (Å²) in [6.45, 7) is 8.14. The number of hydrogen-bond donors (Lipinski definition) is 1. The molecule has 3 rings (SSSR count). The highest BCUT2D eigenvalue weighted by molar-refractivity contribution is 5.87. The second kappa shape index (κ2) is 6.02. The number of anilines is 1. The zero-order chi connectivity index (χ0) is 14.8. The Morgan fingerprint density at radius 3 is 3.00 bits per heavy atom. The Balaban J connectivity index is 1.89. The summed E-state index contributed by atoms with van der Waals surface area (Å²) in [5.74, 6) is 1.27. The molecule has 0 radical (unpaired) electrons. The fourth-order valence-electron chi connectivity index (χ4n) is 3.51. The van der Waals surface area contributed by atoms with E-state index in [4.69, 9.17) is 10.7 Å². The molecule has 2 N–H and O–H groups in total. The summed E-state index contributed by atoms with van der Waals surface area (Å²) in [7, 11) is 0. The maximum absolute atomic E-state index is 5.90. The third-order valence-corrected chi connectivity index (χ3v) is 4.33. The monoisotopic (exact) mass is 283 g/mol. The molecule has 2 heterocycles. The van der Waals surface area contributed by atoms with Crippen LogP contribution in [-0.4, -0.2) is 29.5 Å². The molecule has 1 atom stereocenters. The van der Waals surface area contributed by atoms with Crippen molar-refractivity contribution in [2.24, 2.45) is 5.92 Å². The van der Waals surface area contributed by atoms with E-state index in [1.54, 1.807) is 0 Å². The van der Waals surface area contributed by atoms with Crippen molar-refractivity contribution in [2.75, 3.05) is 25.4 Å². The third-order valence-electron chi connectivity index (χ3n) is 4.33. The van der Waals surface area contributed by atoms with Gasteiger partial charge in [0.2, 0.25) is 0 Å². The van der Waals surface area contributed by atoms with Crippen molar-refractivity contribution in [1.29, 1.82) is 0 Å². The van der Waals surface area contributed by atoms with Crippen LogP contribution in [0.4, 0.5) is 5.69 Å². The molecule has 1 aliphatic heterocycles. The predicted molar refractivity (Wildman–Crippen MR) is 89.4 cm³/mol. The Hall–Kier alpha value is -1.61. The van der Waals surface area contributed by atoms with Crippen LogP contribution in [-0.2, 0) is 0 Å². The molecule has 0 spiro atoms. The van der Waals surface area contributed by atoms with Crippen LogP contribution in [0.5, 0.6) is 0 Å². The summed E-state index contributed by atoms with van der Waals surface area (Å²) >= 11 is 0. The number of fused-ring (bicyclic) bond motifs is 1. The minimum Gasteiger partial charge on any atom is -0.399 e. The van der Waals surface area contributed by atoms with Crippen LogP contribution in [0.25, 0.3) is 10.8 Å². The quantitative estimate of drug-likeness (QED) is 0.874. The molecule has 1 aliphatic rings. The lowest BCUT2D eigenvalue weighted by atomic mass is 9.91. The van der Waals surface area contributed by atoms with E-state index in [9.17, 15) is 0 Å². The Morgan fingerprint density at radius 2 is 2.19 bits per heavy atom. The summed E-state index contributed by atoms with van der Waals surface area (Å²) in [5.41, 5.74) is 7.98. The van der Waals surface area contributed by atoms with Crippen LogP contribution in [0.3, 0.4) is 0 Å². The molecule has 0 saturated carbocycles. The number of likely N-dealkylation sites (tertiary alicyclic amines) is 1. The van der Waals surface area contributed by atoms with E-state index in [-0.39, 0.29) is 0 Å². The molecule has 0 bridgehead atoms. The van der Waals surface area contributed by atoms with Gasteiger partial charge in [-0.3, -0.25) is 4.98 Å². The summed E-state index contributed by atoms with van der Waals surface area (Å²) in [5, 5.41) is 2.48. The maximum Gasteiger partial charge on any atom is 0.0525 e. The first-order valence-electron chi connectivity index (χ1n) is 8.00. The highest BCUT2D eigenvalue weighted by atomic mass is 15.1. The molecule has 1 aromatic heterocycles. The van der Waals surface area contributed by atoms with Crippen LogP contribution in [0, 0.1) is 5.92 Å². The van der Waals surface area contributed by atoms with Gasteiger partial charge in [-0.2, -0.15) is 0 Å². The van der Waals surface area contributed by atoms with E-state index in [0.717, 1.165) is 18.2 Å². The van der Waals surface area contributed by atoms with Crippen molar-refractivity contribution >= 4 is 16.5 Å². The number of nitrogen functional groups attached to an aromatic ring is 1. The first kappa shape index (κ1) is 14.3. The number of rotatable bonds is 3. The molecule has 0 aliphatic carbocycles. The minimum absolute atomic E-state index is 0.546. The Morgan fingerprint density at radius 1 is 1.33 bits per heavy atom. The molecule has 3 heteroatoms. The van der Waals surface area contributed by atoms with Gasteiger partial charge >= 0.3 is 0 Å². The molecule has 1 fully saturated rings. The van der Waals surface area contributed by atoms with E-state index in [1.165, 1.54) is 42.4 Å². The summed E-state index contributed by atoms with van der Waals surface area (Å²) in [6, 6.07) is 8.23. The van der Waals surface area contributed by atoms with Crippen molar-refractivity contribution < 1.29 is 0 Å². The second-order valence-corrected chi connectivity index (χ2v) is 6.67. The molecule has 0 amide bonds. The largest absolute Gasteiger partial charge is 0.399 e. The van der Waals surface area contributed by atoms with Crippen molar-refractivity contribution in [1.82, 2.24) is 9.88 Å². The lowest BCUT2D eigenvalue weighted by Crippen LogP contribution is -2.37. The lowest BCUT2D eigenvalue weighted by Gasteiger charge is -2.33. The smallest absolute Gasteiger partial charge is 0.0525 e. The second-order valence-electron chi connectivity index (χ2n) is 6.67. The Labute approximate surface area is 127 Å². The predicted octanol–water partition coefficient (Wildman–Crippen LogP) is 3.65. The van der Waals surface area contributed by atoms with Gasteiger partial charge in [-0.25, -0.2) is 0 Å². The van der Waals surface area contributed by atoms with Gasteiger partial charge in [0.05, 0.1) is 5.69 Å². The van der Waals surface area contributed by atoms with Crippen molar-refractivity contribution in [3.05, 3.63) is 36.2 Å². The standard InChI is InChI=1S/C18H25N3/c1-13(2)11-21-9-3-4-15(12-21)18-17-6-5-16(19)10-14(17)7-8-20-18/h5-8,10,13,15H,3-4,9,11-12,19H2,1-2H3. The number of aromatic nitrogens is 1. The van der Waals surface area contributed by atoms with Gasteiger partial charge in [-0.1, -0.05) is 19.9 Å². The van der Waals surface area contributed by atoms with Gasteiger partial charge < -0.3 is 10.6 Å². The average Bonchev–Trinajstić information content (AvgIpc) is 2.46. The molecule has 1 aromatic carbocycles. The van der Waals surface area contributed by atoms with Gasteiger partial charge in [0, 0.05) is 36.3 Å². The molecule has 112 valence electrons. The topological polar surface area (TPSA) is 42.2 Å². The van der Waals surface area contributed by atoms with Crippen LogP contribution in [0.2, 0.25) is 0 Å². The van der Waals surface area contributed by atoms with Crippen molar-refractivity contribution in [3.8, 4) is 0 Å². The van der Waals surface area contributed by atoms with Gasteiger partial charge in [0.15, 0.2) is 0 Å². The zero-order valence-electron chi connectivity index (χ0n) is 13.0. The van der Waals surface area contributed by atoms with Gasteiger partial charge in [0.1, 0.15) is 0 Å². The molecule has 21 heavy (non-hydrogen) atoms. The summed E-state index contributed by atoms with van der Waals surface area (Å²) in [6.07, 6.45) is 4.44. The van der Waals surface area contributed by atoms with Gasteiger partial charge in [0.25, 0.3) is 0 Å². The number of nitrogens with two attached hydrogens (primary N) is 1. The highest BCUT2D eigenvalue weighted by Crippen LogP contribution is 2.31. The molecule has 3 nitrogen and oxygen atoms in total. The van der Waals surface area contributed by atoms with Gasteiger partial charge in [-0.05, 0) is 48.9 Å². The summed E-state index contributed by atoms with van der Waals surface area (Å²) in [4.78, 5) is 7.30. The first-order chi connectivity index (χ1) is 10.1. The zero-order valence-corrected chi connectivity index (χ0v) is 13.0. The van der Waals surface area contributed by atoms with Crippen molar-refractivity contribution in [3.63, 3.8) is 0 Å². The van der Waals surface area contributed by atoms with E-state index in [2.05, 4.69) is 36.9 Å². The number of nitrogens with zero attached hydrogens (tertiary/aromatic N) is 2. The molecular weight excluding hydrogens is 258 g/mol. The fourth-order valence-corrected chi connectivity index (χ4v) is 3.51. The van der Waals surface area contributed by atoms with Crippen LogP contribution in [0.15, 0.2) is 30.5 Å². The number of benzene rings is 1. The van der Waals surface area contributed by atoms with Crippen LogP contribution < -0.4 is 5.73 Å². The first-order valence-corrected chi connectivity index (χ1v) is 8.00. The third kappa shape index (κ3) is 3.18. The maximum atomic E-state index is 5.90. The van der Waals surface area contributed by atoms with E-state index in [1.807, 2.05) is 12.3 Å². The van der Waals surface area contributed by atoms with Gasteiger partial charge in [-0.15, -0.1) is 0 Å². The number of hydrogen-bond acceptors (Lipinski definition) is 3. The molecule has 1 unspecified atom stereocenters. The average molecular weight is 283 g/mol. The van der Waals surface area contributed by atoms with E-state index in [0.29, 0.717) is 5.92 Å². The van der Waals surface area contributed by atoms with Crippen molar-refractivity contribution in [2.45, 2.75) is 32.6 Å². The Kier molecular flexibility index (Phi) is 4.11. The number of piperidine rings is 1. The van der Waals surface area contributed by atoms with E-state index >= 15 is 0 Å². The van der Waals surface area contributed by atoms with Crippen LogP contribution >= 0.6 is 0 Å². The molecule has 2 aromatic rings. The molecule has 1 saturated heterocycles. The summed E-state index contributed by atoms with van der Waals surface area (Å²) < 4.78 is 0. The van der Waals surface area contributed by atoms with Crippen LogP contribution in [0.1, 0.15) is 38.3 Å². The Bertz CT molecular complexity index is 621. The molecular formula is C18H25N3. The SMILES string of the molecule is CC(C)CN1CCCC(c2nccc3cc(N)ccc23)C1. The highest BCUT2D eigenvalue weighted by Gasteiger charge is 2.24. The van der Waals surface area contributed by atoms with E-state index < -0.39 is 0 Å². The number of pyridine rings is 1. The normalized spacial score (nSPS) is 20.2. The lowest BCUT2D eigenvalue weighted by molar-refractivity contribution is 0.187.